The molecule has 0 atom stereocenters. The number of hydrogen-bond donors (Lipinski definition) is 3. The van der Waals surface area contributed by atoms with E-state index in [4.69, 9.17) is 0 Å². The monoisotopic (exact) mass is 407 g/mol. The quantitative estimate of drug-likeness (QED) is 0.371. The van der Waals surface area contributed by atoms with Gasteiger partial charge in [0.05, 0.1) is 5.75 Å². The molecule has 1 aromatic rings. The minimum atomic E-state index is -0.898. The molecule has 1 aromatic heterocycles. The number of imide groups is 1. The third kappa shape index (κ3) is 4.37. The minimum Gasteiger partial charge on any atom is -0.322 e. The van der Waals surface area contributed by atoms with Crippen molar-refractivity contribution in [2.24, 2.45) is 5.92 Å². The lowest BCUT2D eigenvalue weighted by Gasteiger charge is -2.33. The number of H-pyrrole nitrogens is 1. The number of thioether (sulfide) groups is 1. The summed E-state index contributed by atoms with van der Waals surface area (Å²) in [4.78, 5) is 55.8. The van der Waals surface area contributed by atoms with Gasteiger partial charge in [-0.15, -0.1) is 0 Å². The Morgan fingerprint density at radius 1 is 1.36 bits per heavy atom. The molecule has 2 aliphatic rings. The number of carbonyl (C=O) groups excluding carboxylic acids is 3. The van der Waals surface area contributed by atoms with E-state index in [1.54, 1.807) is 0 Å². The number of nitrogens with zero attached hydrogens (tertiary/aromatic N) is 2. The summed E-state index contributed by atoms with van der Waals surface area (Å²) < 4.78 is 0. The Morgan fingerprint density at radius 3 is 2.75 bits per heavy atom. The maximum absolute atomic E-state index is 12.7. The van der Waals surface area contributed by atoms with Crippen molar-refractivity contribution in [3.63, 3.8) is 0 Å². The molecule has 28 heavy (non-hydrogen) atoms. The van der Waals surface area contributed by atoms with Gasteiger partial charge in [0, 0.05) is 11.8 Å². The molecule has 10 heteroatoms. The largest absolute Gasteiger partial charge is 0.344 e. The van der Waals surface area contributed by atoms with Gasteiger partial charge in [-0.25, -0.2) is 9.78 Å². The highest BCUT2D eigenvalue weighted by molar-refractivity contribution is 7.99. The number of aromatic nitrogens is 2. The molecule has 1 saturated heterocycles. The van der Waals surface area contributed by atoms with E-state index in [0.29, 0.717) is 36.0 Å². The molecule has 1 saturated carbocycles. The Morgan fingerprint density at radius 2 is 2.07 bits per heavy atom. The first-order valence-electron chi connectivity index (χ1n) is 9.52. The molecule has 1 aliphatic heterocycles. The molecule has 0 aromatic carbocycles. The Labute approximate surface area is 167 Å². The van der Waals surface area contributed by atoms with Crippen molar-refractivity contribution in [3.05, 3.63) is 22.1 Å². The third-order valence-electron chi connectivity index (χ3n) is 5.15. The molecule has 1 spiro atoms. The molecule has 2 fully saturated rings. The fraction of sp³-hybridized carbons (Fsp3) is 0.611. The summed E-state index contributed by atoms with van der Waals surface area (Å²) in [6.07, 6.45) is 4.40. The first-order chi connectivity index (χ1) is 13.3. The van der Waals surface area contributed by atoms with E-state index in [2.05, 4.69) is 27.6 Å². The van der Waals surface area contributed by atoms with Gasteiger partial charge in [-0.3, -0.25) is 19.8 Å². The fourth-order valence-corrected chi connectivity index (χ4v) is 4.23. The van der Waals surface area contributed by atoms with Crippen molar-refractivity contribution in [1.29, 1.82) is 0 Å². The van der Waals surface area contributed by atoms with Crippen LogP contribution in [0.25, 0.3) is 0 Å². The van der Waals surface area contributed by atoms with E-state index in [1.807, 2.05) is 6.92 Å². The standard InChI is InChI=1S/C18H25N5O4S/c1-3-4-12-9-13(24)20-16(19-12)28-10-14(25)22-23-15(26)18(21-17(23)27)7-5-11(2)6-8-18/h9,11H,3-8,10H2,1-2H3,(H,21,27)(H,22,25)(H,19,20,24). The highest BCUT2D eigenvalue weighted by Gasteiger charge is 2.52. The van der Waals surface area contributed by atoms with Gasteiger partial charge in [0.2, 0.25) is 5.91 Å². The molecular formula is C18H25N5O4S. The summed E-state index contributed by atoms with van der Waals surface area (Å²) >= 11 is 1.05. The highest BCUT2D eigenvalue weighted by Crippen LogP contribution is 2.35. The third-order valence-corrected chi connectivity index (χ3v) is 6.02. The highest BCUT2D eigenvalue weighted by atomic mass is 32.2. The summed E-state index contributed by atoms with van der Waals surface area (Å²) in [5.41, 5.74) is 1.87. The van der Waals surface area contributed by atoms with Crippen LogP contribution in [0.5, 0.6) is 0 Å². The SMILES string of the molecule is CCCc1cc(=O)[nH]c(SCC(=O)NN2C(=O)NC3(CCC(C)CC3)C2=O)n1. The smallest absolute Gasteiger partial charge is 0.322 e. The molecule has 4 amide bonds. The Hall–Kier alpha value is -2.36. The van der Waals surface area contributed by atoms with Crippen LogP contribution in [0.15, 0.2) is 16.0 Å². The van der Waals surface area contributed by atoms with E-state index in [9.17, 15) is 19.2 Å². The predicted octanol–water partition coefficient (Wildman–Crippen LogP) is 1.35. The number of carbonyl (C=O) groups is 3. The van der Waals surface area contributed by atoms with Crippen LogP contribution >= 0.6 is 11.8 Å². The second-order valence-electron chi connectivity index (χ2n) is 7.45. The first kappa shape index (κ1) is 20.4. The maximum atomic E-state index is 12.7. The lowest BCUT2D eigenvalue weighted by Crippen LogP contribution is -2.51. The number of aromatic amines is 1. The zero-order valence-electron chi connectivity index (χ0n) is 16.0. The number of aryl methyl sites for hydroxylation is 1. The van der Waals surface area contributed by atoms with Crippen molar-refractivity contribution in [2.75, 3.05) is 5.75 Å². The van der Waals surface area contributed by atoms with E-state index in [0.717, 1.165) is 36.0 Å². The van der Waals surface area contributed by atoms with Gasteiger partial charge in [0.15, 0.2) is 5.16 Å². The number of rotatable bonds is 6. The van der Waals surface area contributed by atoms with E-state index in [-0.39, 0.29) is 11.3 Å². The number of urea groups is 1. The molecular weight excluding hydrogens is 382 g/mol. The Bertz CT molecular complexity index is 832. The van der Waals surface area contributed by atoms with Crippen LogP contribution < -0.4 is 16.3 Å². The summed E-state index contributed by atoms with van der Waals surface area (Å²) in [6.45, 7) is 4.11. The summed E-state index contributed by atoms with van der Waals surface area (Å²) in [6, 6.07) is 0.833. The second-order valence-corrected chi connectivity index (χ2v) is 8.41. The van der Waals surface area contributed by atoms with Crippen LogP contribution in [0.1, 0.15) is 51.6 Å². The molecule has 0 unspecified atom stereocenters. The van der Waals surface area contributed by atoms with Crippen molar-refractivity contribution >= 4 is 29.6 Å². The van der Waals surface area contributed by atoms with Gasteiger partial charge >= 0.3 is 6.03 Å². The number of nitrogens with one attached hydrogen (secondary N) is 3. The van der Waals surface area contributed by atoms with Crippen LogP contribution in [-0.2, 0) is 16.0 Å². The van der Waals surface area contributed by atoms with E-state index >= 15 is 0 Å². The topological polar surface area (TPSA) is 124 Å². The van der Waals surface area contributed by atoms with Gasteiger partial charge < -0.3 is 10.3 Å². The molecule has 0 bridgehead atoms. The van der Waals surface area contributed by atoms with Crippen LogP contribution in [0.4, 0.5) is 4.79 Å². The van der Waals surface area contributed by atoms with Crippen molar-refractivity contribution in [2.45, 2.75) is 63.1 Å². The second kappa shape index (κ2) is 8.34. The van der Waals surface area contributed by atoms with Gasteiger partial charge in [-0.2, -0.15) is 5.01 Å². The van der Waals surface area contributed by atoms with Crippen LogP contribution in [-0.4, -0.2) is 44.1 Å². The molecule has 3 rings (SSSR count). The molecule has 0 radical (unpaired) electrons. The first-order valence-corrected chi connectivity index (χ1v) is 10.5. The zero-order chi connectivity index (χ0) is 20.3. The fourth-order valence-electron chi connectivity index (χ4n) is 3.54. The number of hydrazine groups is 1. The lowest BCUT2D eigenvalue weighted by atomic mass is 9.77. The minimum absolute atomic E-state index is 0.0837. The number of amides is 4. The normalized spacial score (nSPS) is 24.5. The average Bonchev–Trinajstić information content (AvgIpc) is 2.87. The van der Waals surface area contributed by atoms with Gasteiger partial charge in [0.25, 0.3) is 11.5 Å². The van der Waals surface area contributed by atoms with Crippen LogP contribution in [0.2, 0.25) is 0 Å². The maximum Gasteiger partial charge on any atom is 0.344 e. The Balaban J connectivity index is 1.58. The summed E-state index contributed by atoms with van der Waals surface area (Å²) in [5.74, 6) is -0.481. The van der Waals surface area contributed by atoms with E-state index in [1.165, 1.54) is 6.07 Å². The molecule has 3 N–H and O–H groups in total. The van der Waals surface area contributed by atoms with Gasteiger partial charge in [-0.05, 0) is 38.0 Å². The summed E-state index contributed by atoms with van der Waals surface area (Å²) in [7, 11) is 0. The van der Waals surface area contributed by atoms with E-state index < -0.39 is 23.4 Å². The molecule has 9 nitrogen and oxygen atoms in total. The van der Waals surface area contributed by atoms with Crippen molar-refractivity contribution in [3.8, 4) is 0 Å². The Kier molecular flexibility index (Phi) is 6.07. The number of hydrogen-bond acceptors (Lipinski definition) is 6. The van der Waals surface area contributed by atoms with Crippen LogP contribution in [0, 0.1) is 5.92 Å². The van der Waals surface area contributed by atoms with Crippen LogP contribution in [0.3, 0.4) is 0 Å². The van der Waals surface area contributed by atoms with Crippen molar-refractivity contribution in [1.82, 2.24) is 25.7 Å². The summed E-state index contributed by atoms with van der Waals surface area (Å²) in [5, 5.41) is 3.87. The molecule has 2 heterocycles. The van der Waals surface area contributed by atoms with Gasteiger partial charge in [0.1, 0.15) is 5.54 Å². The zero-order valence-corrected chi connectivity index (χ0v) is 16.9. The predicted molar refractivity (Wildman–Crippen MR) is 103 cm³/mol. The lowest BCUT2D eigenvalue weighted by molar-refractivity contribution is -0.139. The van der Waals surface area contributed by atoms with Gasteiger partial charge in [-0.1, -0.05) is 32.0 Å². The van der Waals surface area contributed by atoms with Crippen molar-refractivity contribution < 1.29 is 14.4 Å². The average molecular weight is 407 g/mol. The molecule has 1 aliphatic carbocycles. The molecule has 152 valence electrons.